The Kier molecular flexibility index (Phi) is 4.88. The summed E-state index contributed by atoms with van der Waals surface area (Å²) >= 11 is 6.02. The van der Waals surface area contributed by atoms with Crippen molar-refractivity contribution in [1.29, 1.82) is 0 Å². The summed E-state index contributed by atoms with van der Waals surface area (Å²) < 4.78 is 24.6. The lowest BCUT2D eigenvalue weighted by molar-refractivity contribution is 0.101. The van der Waals surface area contributed by atoms with Gasteiger partial charge in [0.05, 0.1) is 10.6 Å². The van der Waals surface area contributed by atoms with Crippen molar-refractivity contribution in [2.45, 2.75) is 13.5 Å². The van der Waals surface area contributed by atoms with E-state index in [9.17, 15) is 9.18 Å². The summed E-state index contributed by atoms with van der Waals surface area (Å²) in [6.07, 6.45) is 1.72. The largest absolute Gasteiger partial charge is 0.489 e. The number of aryl methyl sites for hydroxylation is 1. The zero-order valence-corrected chi connectivity index (χ0v) is 15.8. The number of carbonyl (C=O) groups is 1. The second kappa shape index (κ2) is 7.49. The molecule has 0 aliphatic carbocycles. The third kappa shape index (κ3) is 3.78. The predicted octanol–water partition coefficient (Wildman–Crippen LogP) is 5.98. The van der Waals surface area contributed by atoms with Gasteiger partial charge in [0.1, 0.15) is 23.9 Å². The Morgan fingerprint density at radius 3 is 2.61 bits per heavy atom. The molecule has 1 aliphatic heterocycles. The molecule has 5 heteroatoms. The third-order valence-electron chi connectivity index (χ3n) is 4.43. The van der Waals surface area contributed by atoms with E-state index < -0.39 is 5.82 Å². The molecule has 3 nitrogen and oxygen atoms in total. The summed E-state index contributed by atoms with van der Waals surface area (Å²) in [4.78, 5) is 12.5. The molecule has 3 aromatic carbocycles. The minimum absolute atomic E-state index is 0.163. The number of halogens is 2. The molecule has 28 heavy (non-hydrogen) atoms. The maximum absolute atomic E-state index is 13.1. The molecule has 0 atom stereocenters. The molecule has 140 valence electrons. The lowest BCUT2D eigenvalue weighted by Crippen LogP contribution is -1.98. The molecule has 0 saturated heterocycles. The van der Waals surface area contributed by atoms with Gasteiger partial charge in [0.25, 0.3) is 0 Å². The first-order valence-electron chi connectivity index (χ1n) is 8.71. The van der Waals surface area contributed by atoms with E-state index >= 15 is 0 Å². The third-order valence-corrected chi connectivity index (χ3v) is 4.78. The van der Waals surface area contributed by atoms with Crippen molar-refractivity contribution in [2.24, 2.45) is 0 Å². The van der Waals surface area contributed by atoms with Crippen LogP contribution in [0.25, 0.3) is 6.08 Å². The Morgan fingerprint density at radius 2 is 1.86 bits per heavy atom. The van der Waals surface area contributed by atoms with Crippen molar-refractivity contribution in [3.8, 4) is 11.5 Å². The van der Waals surface area contributed by atoms with E-state index in [2.05, 4.69) is 0 Å². The van der Waals surface area contributed by atoms with Crippen LogP contribution in [0, 0.1) is 12.7 Å². The second-order valence-corrected chi connectivity index (χ2v) is 6.94. The van der Waals surface area contributed by atoms with Crippen molar-refractivity contribution in [2.75, 3.05) is 0 Å². The van der Waals surface area contributed by atoms with E-state index in [1.807, 2.05) is 31.2 Å². The molecule has 3 aromatic rings. The standard InChI is InChI=1S/C23H16ClFO3/c1-14-2-4-15(5-3-14)10-22-23(26)19-9-8-18(12-21(19)28-22)27-13-16-6-7-17(25)11-20(16)24/h2-12H,13H2,1H3. The van der Waals surface area contributed by atoms with E-state index in [4.69, 9.17) is 21.1 Å². The summed E-state index contributed by atoms with van der Waals surface area (Å²) in [5, 5.41) is 0.302. The number of hydrogen-bond donors (Lipinski definition) is 0. The molecule has 0 aromatic heterocycles. The lowest BCUT2D eigenvalue weighted by Gasteiger charge is -2.08. The van der Waals surface area contributed by atoms with Gasteiger partial charge >= 0.3 is 0 Å². The molecule has 0 radical (unpaired) electrons. The van der Waals surface area contributed by atoms with Crippen LogP contribution in [-0.2, 0) is 6.61 Å². The Morgan fingerprint density at radius 1 is 1.07 bits per heavy atom. The number of benzene rings is 3. The monoisotopic (exact) mass is 394 g/mol. The molecule has 0 saturated carbocycles. The quantitative estimate of drug-likeness (QED) is 0.510. The highest BCUT2D eigenvalue weighted by Crippen LogP contribution is 2.35. The number of carbonyl (C=O) groups excluding carboxylic acids is 1. The van der Waals surface area contributed by atoms with Crippen molar-refractivity contribution in [3.05, 3.63) is 99.5 Å². The molecule has 0 fully saturated rings. The molecule has 1 aliphatic rings. The average Bonchev–Trinajstić information content (AvgIpc) is 2.98. The van der Waals surface area contributed by atoms with E-state index in [0.29, 0.717) is 27.6 Å². The van der Waals surface area contributed by atoms with Crippen LogP contribution in [0.5, 0.6) is 11.5 Å². The van der Waals surface area contributed by atoms with Crippen LogP contribution in [-0.4, -0.2) is 5.78 Å². The molecule has 0 spiro atoms. The number of hydrogen-bond acceptors (Lipinski definition) is 3. The smallest absolute Gasteiger partial charge is 0.231 e. The van der Waals surface area contributed by atoms with E-state index in [1.54, 1.807) is 30.3 Å². The van der Waals surface area contributed by atoms with Crippen LogP contribution in [0.4, 0.5) is 4.39 Å². The molecular weight excluding hydrogens is 379 g/mol. The van der Waals surface area contributed by atoms with Crippen molar-refractivity contribution < 1.29 is 18.7 Å². The first-order valence-corrected chi connectivity index (χ1v) is 9.09. The first-order chi connectivity index (χ1) is 13.5. The van der Waals surface area contributed by atoms with Gasteiger partial charge in [-0.25, -0.2) is 4.39 Å². The normalized spacial score (nSPS) is 14.1. The Balaban J connectivity index is 1.51. The maximum atomic E-state index is 13.1. The highest BCUT2D eigenvalue weighted by Gasteiger charge is 2.27. The fourth-order valence-electron chi connectivity index (χ4n) is 2.87. The van der Waals surface area contributed by atoms with Gasteiger partial charge in [-0.3, -0.25) is 4.79 Å². The van der Waals surface area contributed by atoms with Gasteiger partial charge in [-0.15, -0.1) is 0 Å². The van der Waals surface area contributed by atoms with Crippen LogP contribution in [0.1, 0.15) is 27.0 Å². The number of Topliss-reactive ketones (excluding diaryl/α,β-unsaturated/α-hetero) is 1. The van der Waals surface area contributed by atoms with Gasteiger partial charge in [-0.05, 0) is 42.8 Å². The summed E-state index contributed by atoms with van der Waals surface area (Å²) in [6.45, 7) is 2.18. The van der Waals surface area contributed by atoms with Gasteiger partial charge in [0, 0.05) is 11.6 Å². The highest BCUT2D eigenvalue weighted by molar-refractivity contribution is 6.31. The first kappa shape index (κ1) is 18.3. The summed E-state index contributed by atoms with van der Waals surface area (Å²) in [7, 11) is 0. The number of ether oxygens (including phenoxy) is 2. The average molecular weight is 395 g/mol. The van der Waals surface area contributed by atoms with Crippen molar-refractivity contribution >= 4 is 23.5 Å². The number of allylic oxidation sites excluding steroid dienone is 1. The van der Waals surface area contributed by atoms with Crippen LogP contribution >= 0.6 is 11.6 Å². The topological polar surface area (TPSA) is 35.5 Å². The number of rotatable bonds is 4. The van der Waals surface area contributed by atoms with Crippen molar-refractivity contribution in [3.63, 3.8) is 0 Å². The van der Waals surface area contributed by atoms with Crippen LogP contribution in [0.3, 0.4) is 0 Å². The highest BCUT2D eigenvalue weighted by atomic mass is 35.5. The fraction of sp³-hybridized carbons (Fsp3) is 0.0870. The van der Waals surface area contributed by atoms with Crippen LogP contribution < -0.4 is 9.47 Å². The summed E-state index contributed by atoms with van der Waals surface area (Å²) in [5.74, 6) is 0.696. The molecule has 1 heterocycles. The van der Waals surface area contributed by atoms with Crippen molar-refractivity contribution in [1.82, 2.24) is 0 Å². The van der Waals surface area contributed by atoms with Gasteiger partial charge < -0.3 is 9.47 Å². The number of ketones is 1. The van der Waals surface area contributed by atoms with Crippen LogP contribution in [0.15, 0.2) is 66.4 Å². The van der Waals surface area contributed by atoms with E-state index in [1.165, 1.54) is 12.1 Å². The molecule has 4 rings (SSSR count). The van der Waals surface area contributed by atoms with E-state index in [-0.39, 0.29) is 18.1 Å². The minimum Gasteiger partial charge on any atom is -0.489 e. The SMILES string of the molecule is Cc1ccc(C=C2Oc3cc(OCc4ccc(F)cc4Cl)ccc3C2=O)cc1. The summed E-state index contributed by atoms with van der Waals surface area (Å²) in [6, 6.07) is 17.0. The van der Waals surface area contributed by atoms with Gasteiger partial charge in [0.15, 0.2) is 5.76 Å². The van der Waals surface area contributed by atoms with Gasteiger partial charge in [0.2, 0.25) is 5.78 Å². The maximum Gasteiger partial charge on any atom is 0.231 e. The van der Waals surface area contributed by atoms with E-state index in [0.717, 1.165) is 11.1 Å². The zero-order chi connectivity index (χ0) is 19.7. The Labute approximate surface area is 167 Å². The van der Waals surface area contributed by atoms with Gasteiger partial charge in [-0.2, -0.15) is 0 Å². The zero-order valence-electron chi connectivity index (χ0n) is 15.0. The minimum atomic E-state index is -0.397. The summed E-state index contributed by atoms with van der Waals surface area (Å²) in [5.41, 5.74) is 3.20. The number of fused-ring (bicyclic) bond motifs is 1. The molecule has 0 N–H and O–H groups in total. The molecular formula is C23H16ClFO3. The molecule has 0 bridgehead atoms. The Hall–Kier alpha value is -3.11. The molecule has 0 amide bonds. The van der Waals surface area contributed by atoms with Gasteiger partial charge in [-0.1, -0.05) is 47.5 Å². The fourth-order valence-corrected chi connectivity index (χ4v) is 3.09. The second-order valence-electron chi connectivity index (χ2n) is 6.53. The molecule has 0 unspecified atom stereocenters. The Bertz CT molecular complexity index is 1090. The van der Waals surface area contributed by atoms with Crippen LogP contribution in [0.2, 0.25) is 5.02 Å². The lowest BCUT2D eigenvalue weighted by atomic mass is 10.1. The predicted molar refractivity (Wildman–Crippen MR) is 106 cm³/mol.